The molecule has 0 unspecified atom stereocenters. The van der Waals surface area contributed by atoms with Crippen molar-refractivity contribution in [3.63, 3.8) is 0 Å². The Kier molecular flexibility index (Phi) is 5.42. The highest BCUT2D eigenvalue weighted by Gasteiger charge is 2.37. The van der Waals surface area contributed by atoms with Gasteiger partial charge in [-0.25, -0.2) is 8.42 Å². The van der Waals surface area contributed by atoms with E-state index in [0.717, 1.165) is 15.7 Å². The number of sulfonamides is 1. The minimum absolute atomic E-state index is 0.178. The molecule has 152 valence electrons. The Morgan fingerprint density at radius 3 is 2.38 bits per heavy atom. The van der Waals surface area contributed by atoms with Gasteiger partial charge >= 0.3 is 0 Å². The van der Waals surface area contributed by atoms with Crippen molar-refractivity contribution in [3.05, 3.63) is 76.5 Å². The third kappa shape index (κ3) is 3.56. The number of benzene rings is 2. The van der Waals surface area contributed by atoms with Gasteiger partial charge in [0.15, 0.2) is 11.5 Å². The van der Waals surface area contributed by atoms with Crippen LogP contribution in [0.25, 0.3) is 0 Å². The van der Waals surface area contributed by atoms with Crippen LogP contribution in [0.5, 0.6) is 11.5 Å². The van der Waals surface area contributed by atoms with Crippen LogP contribution in [0.4, 0.5) is 0 Å². The molecule has 3 aromatic rings. The molecular formula is C21H21BrN2O4S. The molecule has 0 radical (unpaired) electrons. The Morgan fingerprint density at radius 1 is 0.966 bits per heavy atom. The monoisotopic (exact) mass is 476 g/mol. The van der Waals surface area contributed by atoms with Crippen molar-refractivity contribution in [3.8, 4) is 11.5 Å². The predicted octanol–water partition coefficient (Wildman–Crippen LogP) is 4.06. The molecule has 2 aromatic carbocycles. The zero-order valence-electron chi connectivity index (χ0n) is 16.1. The lowest BCUT2D eigenvalue weighted by Gasteiger charge is -2.36. The summed E-state index contributed by atoms with van der Waals surface area (Å²) in [7, 11) is -0.760. The summed E-state index contributed by atoms with van der Waals surface area (Å²) in [6, 6.07) is 16.0. The highest BCUT2D eigenvalue weighted by molar-refractivity contribution is 9.10. The van der Waals surface area contributed by atoms with Crippen LogP contribution in [0.1, 0.15) is 17.3 Å². The van der Waals surface area contributed by atoms with Crippen molar-refractivity contribution < 1.29 is 17.9 Å². The lowest BCUT2D eigenvalue weighted by Crippen LogP contribution is -2.42. The van der Waals surface area contributed by atoms with Crippen molar-refractivity contribution >= 4 is 26.0 Å². The molecule has 2 heterocycles. The zero-order chi connectivity index (χ0) is 20.6. The SMILES string of the molecule is COc1ccc(S(=O)(=O)N2CCn3cccc3[C@@H]2c2ccc(Br)cc2)cc1OC. The van der Waals surface area contributed by atoms with Crippen LogP contribution in [0.2, 0.25) is 0 Å². The Bertz CT molecular complexity index is 1130. The second-order valence-electron chi connectivity index (χ2n) is 6.71. The maximum Gasteiger partial charge on any atom is 0.244 e. The standard InChI is InChI=1S/C21H21BrN2O4S/c1-27-19-10-9-17(14-20(19)28-2)29(25,26)24-13-12-23-11-3-4-18(23)21(24)15-5-7-16(22)8-6-15/h3-11,14,21H,12-13H2,1-2H3/t21-/m0/s1. The lowest BCUT2D eigenvalue weighted by atomic mass is 10.0. The summed E-state index contributed by atoms with van der Waals surface area (Å²) in [6.07, 6.45) is 1.99. The minimum Gasteiger partial charge on any atom is -0.493 e. The molecule has 0 spiro atoms. The molecule has 6 nitrogen and oxygen atoms in total. The molecule has 0 N–H and O–H groups in total. The first kappa shape index (κ1) is 20.0. The molecule has 0 saturated heterocycles. The van der Waals surface area contributed by atoms with Gasteiger partial charge in [0.05, 0.1) is 25.2 Å². The summed E-state index contributed by atoms with van der Waals surface area (Å²) in [5.74, 6) is 0.873. The summed E-state index contributed by atoms with van der Waals surface area (Å²) < 4.78 is 42.5. The fourth-order valence-corrected chi connectivity index (χ4v) is 5.58. The fourth-order valence-electron chi connectivity index (χ4n) is 3.72. The molecule has 1 aromatic heterocycles. The number of rotatable bonds is 5. The van der Waals surface area contributed by atoms with E-state index in [1.54, 1.807) is 16.4 Å². The van der Waals surface area contributed by atoms with E-state index >= 15 is 0 Å². The van der Waals surface area contributed by atoms with E-state index in [1.165, 1.54) is 20.3 Å². The molecule has 0 saturated carbocycles. The van der Waals surface area contributed by atoms with Gasteiger partial charge in [0.2, 0.25) is 10.0 Å². The largest absolute Gasteiger partial charge is 0.493 e. The Hall–Kier alpha value is -2.29. The summed E-state index contributed by atoms with van der Waals surface area (Å²) in [4.78, 5) is 0.178. The number of halogens is 1. The van der Waals surface area contributed by atoms with Gasteiger partial charge in [0.1, 0.15) is 0 Å². The Labute approximate surface area is 178 Å². The van der Waals surface area contributed by atoms with Crippen LogP contribution in [-0.4, -0.2) is 38.1 Å². The number of fused-ring (bicyclic) bond motifs is 1. The van der Waals surface area contributed by atoms with Gasteiger partial charge in [-0.1, -0.05) is 28.1 Å². The average molecular weight is 477 g/mol. The Balaban J connectivity index is 1.82. The van der Waals surface area contributed by atoms with E-state index in [0.29, 0.717) is 24.6 Å². The number of nitrogens with zero attached hydrogens (tertiary/aromatic N) is 2. The quantitative estimate of drug-likeness (QED) is 0.556. The van der Waals surface area contributed by atoms with E-state index in [2.05, 4.69) is 20.5 Å². The van der Waals surface area contributed by atoms with Crippen LogP contribution in [0, 0.1) is 0 Å². The molecule has 1 atom stereocenters. The molecule has 4 rings (SSSR count). The first-order valence-electron chi connectivity index (χ1n) is 9.10. The third-order valence-electron chi connectivity index (χ3n) is 5.14. The van der Waals surface area contributed by atoms with E-state index in [4.69, 9.17) is 9.47 Å². The molecule has 1 aliphatic rings. The van der Waals surface area contributed by atoms with E-state index in [-0.39, 0.29) is 4.90 Å². The van der Waals surface area contributed by atoms with Crippen molar-refractivity contribution in [2.24, 2.45) is 0 Å². The predicted molar refractivity (Wildman–Crippen MR) is 114 cm³/mol. The first-order chi connectivity index (χ1) is 14.0. The molecule has 0 aliphatic carbocycles. The van der Waals surface area contributed by atoms with Gasteiger partial charge in [-0.05, 0) is 42.0 Å². The summed E-state index contributed by atoms with van der Waals surface area (Å²) in [5.41, 5.74) is 1.86. The number of hydrogen-bond donors (Lipinski definition) is 0. The van der Waals surface area contributed by atoms with Crippen LogP contribution in [-0.2, 0) is 16.6 Å². The van der Waals surface area contributed by atoms with Crippen molar-refractivity contribution in [1.82, 2.24) is 8.87 Å². The average Bonchev–Trinajstić information content (AvgIpc) is 3.22. The van der Waals surface area contributed by atoms with Crippen molar-refractivity contribution in [2.45, 2.75) is 17.5 Å². The normalized spacial score (nSPS) is 17.0. The van der Waals surface area contributed by atoms with E-state index in [9.17, 15) is 8.42 Å². The van der Waals surface area contributed by atoms with Crippen LogP contribution in [0.3, 0.4) is 0 Å². The molecule has 0 bridgehead atoms. The molecule has 8 heteroatoms. The maximum atomic E-state index is 13.6. The summed E-state index contributed by atoms with van der Waals surface area (Å²) in [5, 5.41) is 0. The minimum atomic E-state index is -3.77. The van der Waals surface area contributed by atoms with Crippen LogP contribution < -0.4 is 9.47 Å². The van der Waals surface area contributed by atoms with Gasteiger partial charge in [0.25, 0.3) is 0 Å². The fraction of sp³-hybridized carbons (Fsp3) is 0.238. The topological polar surface area (TPSA) is 60.8 Å². The Morgan fingerprint density at radius 2 is 1.69 bits per heavy atom. The van der Waals surface area contributed by atoms with Gasteiger partial charge in [-0.2, -0.15) is 4.31 Å². The van der Waals surface area contributed by atoms with E-state index in [1.807, 2.05) is 42.6 Å². The molecule has 0 amide bonds. The first-order valence-corrected chi connectivity index (χ1v) is 11.3. The summed E-state index contributed by atoms with van der Waals surface area (Å²) in [6.45, 7) is 0.973. The van der Waals surface area contributed by atoms with Crippen molar-refractivity contribution in [2.75, 3.05) is 20.8 Å². The summed E-state index contributed by atoms with van der Waals surface area (Å²) >= 11 is 3.45. The molecule has 1 aliphatic heterocycles. The van der Waals surface area contributed by atoms with Crippen LogP contribution in [0.15, 0.2) is 70.2 Å². The second-order valence-corrected chi connectivity index (χ2v) is 9.52. The van der Waals surface area contributed by atoms with Gasteiger partial charge in [0, 0.05) is 35.5 Å². The molecule has 29 heavy (non-hydrogen) atoms. The smallest absolute Gasteiger partial charge is 0.244 e. The number of methoxy groups -OCH3 is 2. The zero-order valence-corrected chi connectivity index (χ0v) is 18.5. The number of aromatic nitrogens is 1. The van der Waals surface area contributed by atoms with Crippen LogP contribution >= 0.6 is 15.9 Å². The second kappa shape index (κ2) is 7.85. The van der Waals surface area contributed by atoms with Crippen molar-refractivity contribution in [1.29, 1.82) is 0 Å². The van der Waals surface area contributed by atoms with Gasteiger partial charge in [-0.15, -0.1) is 0 Å². The maximum absolute atomic E-state index is 13.6. The highest BCUT2D eigenvalue weighted by Crippen LogP contribution is 2.38. The highest BCUT2D eigenvalue weighted by atomic mass is 79.9. The third-order valence-corrected chi connectivity index (χ3v) is 7.53. The molecular weight excluding hydrogens is 456 g/mol. The van der Waals surface area contributed by atoms with Gasteiger partial charge in [-0.3, -0.25) is 0 Å². The molecule has 0 fully saturated rings. The van der Waals surface area contributed by atoms with E-state index < -0.39 is 16.1 Å². The van der Waals surface area contributed by atoms with Gasteiger partial charge < -0.3 is 14.0 Å². The lowest BCUT2D eigenvalue weighted by molar-refractivity contribution is 0.298. The number of hydrogen-bond acceptors (Lipinski definition) is 4. The number of ether oxygens (including phenoxy) is 2.